The van der Waals surface area contributed by atoms with E-state index in [1.807, 2.05) is 20.8 Å². The smallest absolute Gasteiger partial charge is 0.313 e. The van der Waals surface area contributed by atoms with Crippen molar-refractivity contribution in [2.45, 2.75) is 20.8 Å². The topological polar surface area (TPSA) is 113 Å². The summed E-state index contributed by atoms with van der Waals surface area (Å²) in [5.74, 6) is 0.412. The predicted octanol–water partition coefficient (Wildman–Crippen LogP) is 7.33. The fourth-order valence-electron chi connectivity index (χ4n) is 3.88. The number of furan rings is 1. The van der Waals surface area contributed by atoms with E-state index in [4.69, 9.17) is 32.4 Å². The van der Waals surface area contributed by atoms with Gasteiger partial charge in [0.2, 0.25) is 11.6 Å². The molecule has 0 bridgehead atoms. The first-order valence-electron chi connectivity index (χ1n) is 11.9. The molecule has 0 atom stereocenters. The van der Waals surface area contributed by atoms with Crippen molar-refractivity contribution in [3.8, 4) is 17.3 Å². The second-order valence-corrected chi connectivity index (χ2v) is 10.9. The van der Waals surface area contributed by atoms with Crippen LogP contribution in [0.25, 0.3) is 33.5 Å². The molecular weight excluding hydrogens is 543 g/mol. The van der Waals surface area contributed by atoms with Crippen LogP contribution in [0.3, 0.4) is 0 Å². The Morgan fingerprint density at radius 1 is 1.13 bits per heavy atom. The maximum atomic E-state index is 13.5. The van der Waals surface area contributed by atoms with Gasteiger partial charge in [0.1, 0.15) is 5.58 Å². The molecule has 0 spiro atoms. The third kappa shape index (κ3) is 5.50. The number of nitrogens with zero attached hydrogens (tertiary/aromatic N) is 4. The quantitative estimate of drug-likeness (QED) is 0.121. The first-order chi connectivity index (χ1) is 18.5. The van der Waals surface area contributed by atoms with Gasteiger partial charge in [-0.25, -0.2) is 4.98 Å². The molecule has 0 aliphatic heterocycles. The fraction of sp³-hybridized carbons (Fsp3) is 0.179. The molecule has 2 aromatic heterocycles. The Morgan fingerprint density at radius 3 is 2.64 bits per heavy atom. The van der Waals surface area contributed by atoms with Gasteiger partial charge in [0.25, 0.3) is 5.56 Å². The number of nitro benzene ring substituents is 1. The molecule has 0 saturated carbocycles. The van der Waals surface area contributed by atoms with Crippen molar-refractivity contribution in [1.82, 2.24) is 9.66 Å². The standard InChI is InChI=1S/C28H22Cl2N4O5/c1-28(2,3)15-38-25-20(30)10-16(11-22(25)34(36)37)14-31-33-26(32-21-7-5-4-6-19(21)27(33)35)24-13-17-12-18(29)8-9-23(17)39-24/h4-14H,15H2,1-3H3. The van der Waals surface area contributed by atoms with Crippen LogP contribution < -0.4 is 10.3 Å². The van der Waals surface area contributed by atoms with E-state index in [-0.39, 0.29) is 39.9 Å². The number of aromatic nitrogens is 2. The first kappa shape index (κ1) is 26.4. The lowest BCUT2D eigenvalue weighted by Crippen LogP contribution is -2.20. The van der Waals surface area contributed by atoms with Gasteiger partial charge in [0.15, 0.2) is 5.76 Å². The predicted molar refractivity (Wildman–Crippen MR) is 152 cm³/mol. The van der Waals surface area contributed by atoms with E-state index < -0.39 is 10.5 Å². The third-order valence-electron chi connectivity index (χ3n) is 5.67. The van der Waals surface area contributed by atoms with Crippen LogP contribution in [0, 0.1) is 15.5 Å². The van der Waals surface area contributed by atoms with Crippen LogP contribution in [0.4, 0.5) is 5.69 Å². The Morgan fingerprint density at radius 2 is 1.90 bits per heavy atom. The molecule has 5 aromatic rings. The highest BCUT2D eigenvalue weighted by molar-refractivity contribution is 6.32. The molecule has 3 aromatic carbocycles. The van der Waals surface area contributed by atoms with Crippen LogP contribution in [0.2, 0.25) is 10.0 Å². The van der Waals surface area contributed by atoms with Gasteiger partial charge in [-0.3, -0.25) is 14.9 Å². The average Bonchev–Trinajstić information content (AvgIpc) is 3.29. The van der Waals surface area contributed by atoms with Crippen LogP contribution in [0.15, 0.2) is 75.0 Å². The van der Waals surface area contributed by atoms with E-state index in [0.29, 0.717) is 27.3 Å². The molecule has 0 amide bonds. The molecule has 0 aliphatic rings. The zero-order valence-corrected chi connectivity index (χ0v) is 22.7. The Hall–Kier alpha value is -4.21. The van der Waals surface area contributed by atoms with E-state index in [0.717, 1.165) is 10.1 Å². The molecule has 2 heterocycles. The maximum absolute atomic E-state index is 13.5. The summed E-state index contributed by atoms with van der Waals surface area (Å²) in [6.45, 7) is 6.05. The molecule has 0 unspecified atom stereocenters. The lowest BCUT2D eigenvalue weighted by Gasteiger charge is -2.19. The van der Waals surface area contributed by atoms with Crippen molar-refractivity contribution < 1.29 is 14.1 Å². The average molecular weight is 565 g/mol. The summed E-state index contributed by atoms with van der Waals surface area (Å²) < 4.78 is 12.7. The second-order valence-electron chi connectivity index (χ2n) is 10.1. The monoisotopic (exact) mass is 564 g/mol. The molecule has 0 fully saturated rings. The number of halogens is 2. The van der Waals surface area contributed by atoms with Gasteiger partial charge in [-0.1, -0.05) is 56.1 Å². The van der Waals surface area contributed by atoms with Gasteiger partial charge in [0, 0.05) is 22.0 Å². The highest BCUT2D eigenvalue weighted by atomic mass is 35.5. The van der Waals surface area contributed by atoms with Crippen LogP contribution in [-0.4, -0.2) is 27.4 Å². The van der Waals surface area contributed by atoms with Crippen LogP contribution >= 0.6 is 23.2 Å². The number of fused-ring (bicyclic) bond motifs is 2. The minimum atomic E-state index is -0.573. The van der Waals surface area contributed by atoms with Crippen molar-refractivity contribution >= 4 is 57.0 Å². The molecule has 0 aliphatic carbocycles. The summed E-state index contributed by atoms with van der Waals surface area (Å²) in [6.07, 6.45) is 1.30. The van der Waals surface area contributed by atoms with Gasteiger partial charge in [-0.15, -0.1) is 0 Å². The van der Waals surface area contributed by atoms with Gasteiger partial charge in [0.05, 0.1) is 33.7 Å². The number of benzene rings is 3. The number of hydrogen-bond donors (Lipinski definition) is 0. The minimum absolute atomic E-state index is 0.0279. The Kier molecular flexibility index (Phi) is 6.88. The molecule has 9 nitrogen and oxygen atoms in total. The zero-order valence-electron chi connectivity index (χ0n) is 21.1. The van der Waals surface area contributed by atoms with Crippen molar-refractivity contribution in [2.24, 2.45) is 10.5 Å². The molecule has 5 rings (SSSR count). The van der Waals surface area contributed by atoms with Crippen LogP contribution in [0.1, 0.15) is 26.3 Å². The van der Waals surface area contributed by atoms with Gasteiger partial charge in [-0.05, 0) is 47.9 Å². The molecular formula is C28H22Cl2N4O5. The molecule has 0 N–H and O–H groups in total. The number of hydrogen-bond acceptors (Lipinski definition) is 7. The molecule has 39 heavy (non-hydrogen) atoms. The minimum Gasteiger partial charge on any atom is -0.485 e. The van der Waals surface area contributed by atoms with E-state index in [1.165, 1.54) is 18.3 Å². The maximum Gasteiger partial charge on any atom is 0.313 e. The van der Waals surface area contributed by atoms with E-state index in [1.54, 1.807) is 48.5 Å². The van der Waals surface area contributed by atoms with Crippen molar-refractivity contribution in [3.63, 3.8) is 0 Å². The summed E-state index contributed by atoms with van der Waals surface area (Å²) in [5.41, 5.74) is 0.307. The van der Waals surface area contributed by atoms with Gasteiger partial charge in [-0.2, -0.15) is 9.78 Å². The van der Waals surface area contributed by atoms with Gasteiger partial charge >= 0.3 is 5.69 Å². The zero-order chi connectivity index (χ0) is 27.9. The van der Waals surface area contributed by atoms with Crippen molar-refractivity contribution in [3.05, 3.63) is 96.7 Å². The van der Waals surface area contributed by atoms with E-state index in [9.17, 15) is 14.9 Å². The molecule has 0 saturated heterocycles. The van der Waals surface area contributed by atoms with Crippen molar-refractivity contribution in [1.29, 1.82) is 0 Å². The lowest BCUT2D eigenvalue weighted by molar-refractivity contribution is -0.385. The Labute approximate surface area is 232 Å². The highest BCUT2D eigenvalue weighted by Crippen LogP contribution is 2.37. The summed E-state index contributed by atoms with van der Waals surface area (Å²) in [4.78, 5) is 29.3. The first-order valence-corrected chi connectivity index (χ1v) is 12.6. The Bertz CT molecular complexity index is 1840. The van der Waals surface area contributed by atoms with E-state index >= 15 is 0 Å². The molecule has 11 heteroatoms. The number of ether oxygens (including phenoxy) is 1. The SMILES string of the molecule is CC(C)(C)COc1c(Cl)cc(C=Nn2c(-c3cc4cc(Cl)ccc4o3)nc3ccccc3c2=O)cc1[N+](=O)[O-]. The highest BCUT2D eigenvalue weighted by Gasteiger charge is 2.23. The lowest BCUT2D eigenvalue weighted by atomic mass is 9.99. The normalized spacial score (nSPS) is 12.0. The number of nitro groups is 1. The van der Waals surface area contributed by atoms with Crippen molar-refractivity contribution in [2.75, 3.05) is 6.61 Å². The number of rotatable bonds is 6. The fourth-order valence-corrected chi connectivity index (χ4v) is 4.34. The number of para-hydroxylation sites is 1. The summed E-state index contributed by atoms with van der Waals surface area (Å²) in [5, 5.41) is 17.8. The largest absolute Gasteiger partial charge is 0.485 e. The summed E-state index contributed by atoms with van der Waals surface area (Å²) in [7, 11) is 0. The summed E-state index contributed by atoms with van der Waals surface area (Å²) >= 11 is 12.5. The Balaban J connectivity index is 1.63. The molecule has 0 radical (unpaired) electrons. The summed E-state index contributed by atoms with van der Waals surface area (Å²) in [6, 6.07) is 16.5. The van der Waals surface area contributed by atoms with Gasteiger partial charge < -0.3 is 9.15 Å². The molecule has 198 valence electrons. The second kappa shape index (κ2) is 10.2. The third-order valence-corrected chi connectivity index (χ3v) is 6.18. The van der Waals surface area contributed by atoms with E-state index in [2.05, 4.69) is 10.1 Å². The van der Waals surface area contributed by atoms with Crippen LogP contribution in [-0.2, 0) is 0 Å². The van der Waals surface area contributed by atoms with Crippen LogP contribution in [0.5, 0.6) is 5.75 Å².